The van der Waals surface area contributed by atoms with Gasteiger partial charge in [-0.05, 0) is 19.1 Å². The molecule has 1 aromatic carbocycles. The van der Waals surface area contributed by atoms with E-state index in [1.54, 1.807) is 18.5 Å². The van der Waals surface area contributed by atoms with Crippen molar-refractivity contribution < 1.29 is 4.42 Å². The summed E-state index contributed by atoms with van der Waals surface area (Å²) >= 11 is 0. The van der Waals surface area contributed by atoms with E-state index in [1.165, 1.54) is 6.26 Å². The van der Waals surface area contributed by atoms with Gasteiger partial charge in [-0.3, -0.25) is 4.79 Å². The number of fused-ring (bicyclic) bond motifs is 1. The summed E-state index contributed by atoms with van der Waals surface area (Å²) in [6.07, 6.45) is 4.73. The van der Waals surface area contributed by atoms with Gasteiger partial charge in [0.15, 0.2) is 0 Å². The van der Waals surface area contributed by atoms with Crippen LogP contribution in [0.5, 0.6) is 0 Å². The molecular weight excluding hydrogens is 216 g/mol. The number of nitrogens with one attached hydrogen (secondary N) is 1. The fourth-order valence-corrected chi connectivity index (χ4v) is 1.82. The number of rotatable bonds is 1. The number of aryl methyl sites for hydroxylation is 1. The normalized spacial score (nSPS) is 10.9. The maximum atomic E-state index is 12.3. The van der Waals surface area contributed by atoms with E-state index in [4.69, 9.17) is 4.42 Å². The Hall–Kier alpha value is -2.36. The molecule has 0 spiro atoms. The molecule has 3 aromatic rings. The summed E-state index contributed by atoms with van der Waals surface area (Å²) in [6, 6.07) is 5.55. The number of benzene rings is 1. The number of aromatic nitrogens is 2. The first-order valence-electron chi connectivity index (χ1n) is 5.27. The summed E-state index contributed by atoms with van der Waals surface area (Å²) in [6.45, 7) is 1.94. The number of hydrogen-bond donors (Lipinski definition) is 1. The zero-order valence-corrected chi connectivity index (χ0v) is 9.23. The van der Waals surface area contributed by atoms with Gasteiger partial charge in [0.25, 0.3) is 0 Å². The SMILES string of the molecule is Cc1ccc2occ(-c3ncc[nH]3)c(=O)c2c1. The summed E-state index contributed by atoms with van der Waals surface area (Å²) in [5.74, 6) is 0.530. The van der Waals surface area contributed by atoms with Gasteiger partial charge < -0.3 is 9.40 Å². The van der Waals surface area contributed by atoms with E-state index in [1.807, 2.05) is 19.1 Å². The van der Waals surface area contributed by atoms with Crippen molar-refractivity contribution in [3.63, 3.8) is 0 Å². The predicted octanol–water partition coefficient (Wildman–Crippen LogP) is 2.49. The van der Waals surface area contributed by atoms with Crippen molar-refractivity contribution in [2.24, 2.45) is 0 Å². The molecular formula is C13H10N2O2. The van der Waals surface area contributed by atoms with E-state index in [9.17, 15) is 4.79 Å². The van der Waals surface area contributed by atoms with Crippen LogP contribution < -0.4 is 5.43 Å². The fourth-order valence-electron chi connectivity index (χ4n) is 1.82. The lowest BCUT2D eigenvalue weighted by Gasteiger charge is -2.00. The first kappa shape index (κ1) is 9.84. The molecule has 4 heteroatoms. The summed E-state index contributed by atoms with van der Waals surface area (Å²) < 4.78 is 5.44. The Morgan fingerprint density at radius 1 is 1.35 bits per heavy atom. The summed E-state index contributed by atoms with van der Waals surface area (Å²) in [4.78, 5) is 19.2. The van der Waals surface area contributed by atoms with Gasteiger partial charge in [-0.15, -0.1) is 0 Å². The Balaban J connectivity index is 2.36. The lowest BCUT2D eigenvalue weighted by Crippen LogP contribution is -2.05. The third-order valence-electron chi connectivity index (χ3n) is 2.68. The van der Waals surface area contributed by atoms with Gasteiger partial charge in [0.05, 0.1) is 5.39 Å². The predicted molar refractivity (Wildman–Crippen MR) is 64.8 cm³/mol. The van der Waals surface area contributed by atoms with E-state index in [2.05, 4.69) is 9.97 Å². The van der Waals surface area contributed by atoms with E-state index in [-0.39, 0.29) is 5.43 Å². The molecule has 0 aliphatic rings. The molecule has 0 atom stereocenters. The Bertz CT molecular complexity index is 727. The largest absolute Gasteiger partial charge is 0.463 e. The smallest absolute Gasteiger partial charge is 0.203 e. The fraction of sp³-hybridized carbons (Fsp3) is 0.0769. The van der Waals surface area contributed by atoms with Crippen molar-refractivity contribution in [2.75, 3.05) is 0 Å². The molecule has 0 fully saturated rings. The van der Waals surface area contributed by atoms with Gasteiger partial charge in [0.2, 0.25) is 5.43 Å². The molecule has 4 nitrogen and oxygen atoms in total. The molecule has 0 saturated carbocycles. The second kappa shape index (κ2) is 3.59. The average molecular weight is 226 g/mol. The van der Waals surface area contributed by atoms with Crippen LogP contribution in [-0.2, 0) is 0 Å². The van der Waals surface area contributed by atoms with Gasteiger partial charge in [-0.2, -0.15) is 0 Å². The number of nitrogens with zero attached hydrogens (tertiary/aromatic N) is 1. The van der Waals surface area contributed by atoms with Gasteiger partial charge in [0, 0.05) is 12.4 Å². The minimum absolute atomic E-state index is 0.0649. The Kier molecular flexibility index (Phi) is 2.08. The summed E-state index contributed by atoms with van der Waals surface area (Å²) in [5.41, 5.74) is 2.01. The number of aromatic amines is 1. The zero-order chi connectivity index (χ0) is 11.8. The highest BCUT2D eigenvalue weighted by molar-refractivity contribution is 5.80. The monoisotopic (exact) mass is 226 g/mol. The summed E-state index contributed by atoms with van der Waals surface area (Å²) in [5, 5.41) is 0.582. The maximum Gasteiger partial charge on any atom is 0.203 e. The minimum atomic E-state index is -0.0649. The van der Waals surface area contributed by atoms with Crippen LogP contribution in [0.15, 0.2) is 46.1 Å². The van der Waals surface area contributed by atoms with Gasteiger partial charge >= 0.3 is 0 Å². The Labute approximate surface area is 96.9 Å². The van der Waals surface area contributed by atoms with Crippen LogP contribution in [0, 0.1) is 6.92 Å². The van der Waals surface area contributed by atoms with Crippen molar-refractivity contribution in [1.29, 1.82) is 0 Å². The lowest BCUT2D eigenvalue weighted by molar-refractivity contribution is 0.604. The highest BCUT2D eigenvalue weighted by Crippen LogP contribution is 2.17. The average Bonchev–Trinajstić information content (AvgIpc) is 2.84. The third kappa shape index (κ3) is 1.54. The van der Waals surface area contributed by atoms with Crippen molar-refractivity contribution in [3.8, 4) is 11.4 Å². The summed E-state index contributed by atoms with van der Waals surface area (Å²) in [7, 11) is 0. The molecule has 0 aliphatic carbocycles. The molecule has 84 valence electrons. The van der Waals surface area contributed by atoms with E-state index < -0.39 is 0 Å². The number of hydrogen-bond acceptors (Lipinski definition) is 3. The molecule has 17 heavy (non-hydrogen) atoms. The van der Waals surface area contributed by atoms with Crippen LogP contribution in [0.2, 0.25) is 0 Å². The number of H-pyrrole nitrogens is 1. The lowest BCUT2D eigenvalue weighted by atomic mass is 10.1. The van der Waals surface area contributed by atoms with E-state index in [0.717, 1.165) is 5.56 Å². The van der Waals surface area contributed by atoms with Crippen molar-refractivity contribution in [1.82, 2.24) is 9.97 Å². The van der Waals surface area contributed by atoms with Crippen LogP contribution in [0.25, 0.3) is 22.4 Å². The van der Waals surface area contributed by atoms with Crippen LogP contribution in [-0.4, -0.2) is 9.97 Å². The second-order valence-corrected chi connectivity index (χ2v) is 3.92. The standard InChI is InChI=1S/C13H10N2O2/c1-8-2-3-11-9(6-8)12(16)10(7-17-11)13-14-4-5-15-13/h2-7H,1H3,(H,14,15). The molecule has 2 aromatic heterocycles. The Morgan fingerprint density at radius 2 is 2.24 bits per heavy atom. The molecule has 2 heterocycles. The quantitative estimate of drug-likeness (QED) is 0.693. The third-order valence-corrected chi connectivity index (χ3v) is 2.68. The molecule has 3 rings (SSSR count). The highest BCUT2D eigenvalue weighted by atomic mass is 16.3. The van der Waals surface area contributed by atoms with Crippen molar-refractivity contribution in [2.45, 2.75) is 6.92 Å². The molecule has 0 bridgehead atoms. The molecule has 0 unspecified atom stereocenters. The van der Waals surface area contributed by atoms with Crippen LogP contribution in [0.3, 0.4) is 0 Å². The van der Waals surface area contributed by atoms with Crippen molar-refractivity contribution in [3.05, 3.63) is 52.6 Å². The molecule has 1 N–H and O–H groups in total. The van der Waals surface area contributed by atoms with Crippen LogP contribution >= 0.6 is 0 Å². The Morgan fingerprint density at radius 3 is 3.00 bits per heavy atom. The van der Waals surface area contributed by atoms with Gasteiger partial charge in [-0.25, -0.2) is 4.98 Å². The minimum Gasteiger partial charge on any atom is -0.463 e. The maximum absolute atomic E-state index is 12.3. The zero-order valence-electron chi connectivity index (χ0n) is 9.23. The van der Waals surface area contributed by atoms with E-state index >= 15 is 0 Å². The van der Waals surface area contributed by atoms with Gasteiger partial charge in [-0.1, -0.05) is 11.6 Å². The van der Waals surface area contributed by atoms with Crippen LogP contribution in [0.4, 0.5) is 0 Å². The molecule has 0 amide bonds. The first-order valence-corrected chi connectivity index (χ1v) is 5.27. The molecule has 0 saturated heterocycles. The first-order chi connectivity index (χ1) is 8.25. The highest BCUT2D eigenvalue weighted by Gasteiger charge is 2.10. The second-order valence-electron chi connectivity index (χ2n) is 3.92. The van der Waals surface area contributed by atoms with Crippen LogP contribution in [0.1, 0.15) is 5.56 Å². The molecule has 0 radical (unpaired) electrons. The molecule has 0 aliphatic heterocycles. The van der Waals surface area contributed by atoms with E-state index in [0.29, 0.717) is 22.4 Å². The topological polar surface area (TPSA) is 58.9 Å². The van der Waals surface area contributed by atoms with Gasteiger partial charge in [0.1, 0.15) is 23.2 Å². The van der Waals surface area contributed by atoms with Crippen molar-refractivity contribution >= 4 is 11.0 Å². The number of imidazole rings is 1.